The van der Waals surface area contributed by atoms with Crippen molar-refractivity contribution in [3.63, 3.8) is 0 Å². The first-order chi connectivity index (χ1) is 20.6. The number of aromatic nitrogens is 1. The number of benzene rings is 4. The molecular weight excluding hydrogens is 540 g/mol. The van der Waals surface area contributed by atoms with Crippen LogP contribution < -0.4 is 4.90 Å². The van der Waals surface area contributed by atoms with E-state index in [-0.39, 0.29) is 11.9 Å². The van der Waals surface area contributed by atoms with Gasteiger partial charge in [0.25, 0.3) is 5.91 Å². The summed E-state index contributed by atoms with van der Waals surface area (Å²) in [5.41, 5.74) is 7.32. The summed E-state index contributed by atoms with van der Waals surface area (Å²) < 4.78 is 2.11. The molecule has 7 rings (SSSR count). The van der Waals surface area contributed by atoms with Gasteiger partial charge >= 0.3 is 0 Å². The standard InChI is InChI=1S/C36H33ClN4O/c1-38-24-28(30-14-8-9-15-33(30)38)22-32-31-17-16-29(37)23-34(31)41(36(32)42)25-39-18-20-40(21-19-39)35(26-10-4-2-5-11-26)27-12-6-3-7-13-27/h2-17,22-24,35H,18-21,25H2,1H3. The molecule has 1 saturated heterocycles. The number of para-hydroxylation sites is 1. The summed E-state index contributed by atoms with van der Waals surface area (Å²) in [7, 11) is 2.04. The quantitative estimate of drug-likeness (QED) is 0.204. The number of amides is 1. The fourth-order valence-corrected chi connectivity index (χ4v) is 6.66. The van der Waals surface area contributed by atoms with Crippen molar-refractivity contribution in [3.8, 4) is 0 Å². The minimum atomic E-state index is 0.0223. The van der Waals surface area contributed by atoms with Crippen molar-refractivity contribution in [2.75, 3.05) is 37.7 Å². The molecule has 2 aliphatic rings. The van der Waals surface area contributed by atoms with Gasteiger partial charge in [-0.2, -0.15) is 0 Å². The van der Waals surface area contributed by atoms with Crippen LogP contribution in [0.1, 0.15) is 28.3 Å². The maximum Gasteiger partial charge on any atom is 0.260 e. The van der Waals surface area contributed by atoms with Crippen molar-refractivity contribution in [1.82, 2.24) is 14.4 Å². The van der Waals surface area contributed by atoms with E-state index >= 15 is 0 Å². The molecule has 0 aliphatic carbocycles. The molecular formula is C36H33ClN4O. The Morgan fingerprint density at radius 1 is 0.810 bits per heavy atom. The molecule has 0 saturated carbocycles. The highest BCUT2D eigenvalue weighted by molar-refractivity contribution is 6.37. The molecule has 0 bridgehead atoms. The largest absolute Gasteiger partial charge is 0.350 e. The van der Waals surface area contributed by atoms with Crippen molar-refractivity contribution in [2.24, 2.45) is 7.05 Å². The number of hydrogen-bond donors (Lipinski definition) is 0. The van der Waals surface area contributed by atoms with Gasteiger partial charge < -0.3 is 4.57 Å². The number of carbonyl (C=O) groups excluding carboxylic acids is 1. The first-order valence-corrected chi connectivity index (χ1v) is 14.9. The van der Waals surface area contributed by atoms with Gasteiger partial charge in [0.15, 0.2) is 0 Å². The van der Waals surface area contributed by atoms with Crippen LogP contribution in [0.5, 0.6) is 0 Å². The Morgan fingerprint density at radius 2 is 1.45 bits per heavy atom. The molecule has 0 spiro atoms. The molecule has 1 aromatic heterocycles. The number of aryl methyl sites for hydroxylation is 1. The van der Waals surface area contributed by atoms with Crippen LogP contribution >= 0.6 is 11.6 Å². The Kier molecular flexibility index (Phi) is 7.16. The first-order valence-electron chi connectivity index (χ1n) is 14.5. The summed E-state index contributed by atoms with van der Waals surface area (Å²) in [6.07, 6.45) is 4.14. The fourth-order valence-electron chi connectivity index (χ4n) is 6.50. The third-order valence-corrected chi connectivity index (χ3v) is 8.82. The fraction of sp³-hybridized carbons (Fsp3) is 0.194. The summed E-state index contributed by atoms with van der Waals surface area (Å²) in [5.74, 6) is 0.0223. The molecule has 1 fully saturated rings. The van der Waals surface area contributed by atoms with Crippen LogP contribution in [0.4, 0.5) is 5.69 Å². The molecule has 5 nitrogen and oxygen atoms in total. The summed E-state index contributed by atoms with van der Waals surface area (Å²) in [6, 6.07) is 35.8. The molecule has 2 aliphatic heterocycles. The second-order valence-corrected chi connectivity index (χ2v) is 11.6. The zero-order valence-corrected chi connectivity index (χ0v) is 24.4. The van der Waals surface area contributed by atoms with Crippen molar-refractivity contribution in [1.29, 1.82) is 0 Å². The molecule has 0 atom stereocenters. The van der Waals surface area contributed by atoms with Gasteiger partial charge in [-0.3, -0.25) is 19.5 Å². The lowest BCUT2D eigenvalue weighted by atomic mass is 9.96. The molecule has 4 aromatic carbocycles. The maximum atomic E-state index is 14.0. The molecule has 3 heterocycles. The van der Waals surface area contributed by atoms with Gasteiger partial charge in [0.2, 0.25) is 0 Å². The van der Waals surface area contributed by atoms with Gasteiger partial charge in [-0.15, -0.1) is 0 Å². The van der Waals surface area contributed by atoms with E-state index in [1.54, 1.807) is 0 Å². The highest BCUT2D eigenvalue weighted by Crippen LogP contribution is 2.40. The van der Waals surface area contributed by atoms with Crippen LogP contribution in [-0.2, 0) is 11.8 Å². The predicted octanol–water partition coefficient (Wildman–Crippen LogP) is 7.08. The van der Waals surface area contributed by atoms with Gasteiger partial charge in [-0.05, 0) is 35.4 Å². The predicted molar refractivity (Wildman–Crippen MR) is 172 cm³/mol. The van der Waals surface area contributed by atoms with E-state index in [2.05, 4.69) is 93.4 Å². The lowest BCUT2D eigenvalue weighted by Crippen LogP contribution is -2.51. The summed E-state index contributed by atoms with van der Waals surface area (Å²) >= 11 is 6.46. The molecule has 1 amide bonds. The highest BCUT2D eigenvalue weighted by Gasteiger charge is 2.35. The molecule has 0 N–H and O–H groups in total. The number of fused-ring (bicyclic) bond motifs is 2. The van der Waals surface area contributed by atoms with E-state index in [0.29, 0.717) is 17.3 Å². The Bertz CT molecular complexity index is 1730. The lowest BCUT2D eigenvalue weighted by Gasteiger charge is -2.40. The minimum absolute atomic E-state index is 0.0223. The topological polar surface area (TPSA) is 31.7 Å². The zero-order chi connectivity index (χ0) is 28.6. The average Bonchev–Trinajstić information content (AvgIpc) is 3.48. The molecule has 42 heavy (non-hydrogen) atoms. The van der Waals surface area contributed by atoms with Crippen molar-refractivity contribution >= 4 is 45.7 Å². The van der Waals surface area contributed by atoms with Crippen molar-refractivity contribution in [3.05, 3.63) is 137 Å². The smallest absolute Gasteiger partial charge is 0.260 e. The van der Waals surface area contributed by atoms with Crippen LogP contribution in [0.15, 0.2) is 109 Å². The summed E-state index contributed by atoms with van der Waals surface area (Å²) in [6.45, 7) is 4.11. The van der Waals surface area contributed by atoms with E-state index in [4.69, 9.17) is 11.6 Å². The minimum Gasteiger partial charge on any atom is -0.350 e. The van der Waals surface area contributed by atoms with E-state index in [1.807, 2.05) is 48.4 Å². The van der Waals surface area contributed by atoms with Gasteiger partial charge in [0.05, 0.1) is 18.4 Å². The van der Waals surface area contributed by atoms with E-state index < -0.39 is 0 Å². The number of nitrogens with zero attached hydrogens (tertiary/aromatic N) is 4. The first kappa shape index (κ1) is 26.7. The lowest BCUT2D eigenvalue weighted by molar-refractivity contribution is -0.113. The second-order valence-electron chi connectivity index (χ2n) is 11.2. The SMILES string of the molecule is Cn1cc(C=C2C(=O)N(CN3CCN(C(c4ccccc4)c4ccccc4)CC3)c3cc(Cl)ccc32)c2ccccc21. The van der Waals surface area contributed by atoms with E-state index in [1.165, 1.54) is 11.1 Å². The number of rotatable bonds is 6. The Labute approximate surface area is 251 Å². The van der Waals surface area contributed by atoms with Crippen molar-refractivity contribution in [2.45, 2.75) is 6.04 Å². The van der Waals surface area contributed by atoms with Crippen LogP contribution in [0.2, 0.25) is 5.02 Å². The molecule has 210 valence electrons. The maximum absolute atomic E-state index is 14.0. The van der Waals surface area contributed by atoms with Crippen LogP contribution in [0.25, 0.3) is 22.6 Å². The number of carbonyl (C=O) groups is 1. The molecule has 6 heteroatoms. The third kappa shape index (κ3) is 4.94. The number of piperazine rings is 1. The molecule has 0 radical (unpaired) electrons. The Balaban J connectivity index is 1.13. The number of halogens is 1. The average molecular weight is 573 g/mol. The third-order valence-electron chi connectivity index (χ3n) is 8.59. The van der Waals surface area contributed by atoms with Crippen LogP contribution in [0.3, 0.4) is 0 Å². The van der Waals surface area contributed by atoms with Gasteiger partial charge in [0.1, 0.15) is 0 Å². The van der Waals surface area contributed by atoms with E-state index in [9.17, 15) is 4.79 Å². The number of hydrogen-bond acceptors (Lipinski definition) is 3. The van der Waals surface area contributed by atoms with Gasteiger partial charge in [-0.25, -0.2) is 0 Å². The number of anilines is 1. The normalized spacial score (nSPS) is 17.1. The second kappa shape index (κ2) is 11.3. The monoisotopic (exact) mass is 572 g/mol. The Morgan fingerprint density at radius 3 is 2.14 bits per heavy atom. The van der Waals surface area contributed by atoms with Crippen molar-refractivity contribution < 1.29 is 4.79 Å². The summed E-state index contributed by atoms with van der Waals surface area (Å²) in [5, 5.41) is 1.77. The zero-order valence-electron chi connectivity index (χ0n) is 23.7. The van der Waals surface area contributed by atoms with Gasteiger partial charge in [-0.1, -0.05) is 96.5 Å². The summed E-state index contributed by atoms with van der Waals surface area (Å²) in [4.78, 5) is 20.9. The Hall–Kier alpha value is -4.16. The highest BCUT2D eigenvalue weighted by atomic mass is 35.5. The molecule has 0 unspecified atom stereocenters. The van der Waals surface area contributed by atoms with Crippen LogP contribution in [0, 0.1) is 0 Å². The van der Waals surface area contributed by atoms with Crippen LogP contribution in [-0.4, -0.2) is 53.1 Å². The van der Waals surface area contributed by atoms with Gasteiger partial charge in [0, 0.05) is 72.0 Å². The molecule has 5 aromatic rings. The van der Waals surface area contributed by atoms with E-state index in [0.717, 1.165) is 53.9 Å².